The maximum absolute atomic E-state index is 5.99. The highest BCUT2D eigenvalue weighted by atomic mass is 35.5. The summed E-state index contributed by atoms with van der Waals surface area (Å²) in [6, 6.07) is 8.50. The minimum atomic E-state index is 0.625. The van der Waals surface area contributed by atoms with Gasteiger partial charge in [0.05, 0.1) is 0 Å². The molecule has 1 aromatic carbocycles. The van der Waals surface area contributed by atoms with Gasteiger partial charge in [0, 0.05) is 31.2 Å². The van der Waals surface area contributed by atoms with E-state index >= 15 is 0 Å². The van der Waals surface area contributed by atoms with Crippen LogP contribution in [-0.2, 0) is 6.54 Å². The van der Waals surface area contributed by atoms with Gasteiger partial charge in [-0.15, -0.1) is 0 Å². The zero-order valence-electron chi connectivity index (χ0n) is 12.9. The van der Waals surface area contributed by atoms with Crippen LogP contribution in [0.25, 0.3) is 0 Å². The fraction of sp³-hybridized carbons (Fsp3) is 0.562. The number of likely N-dealkylation sites (tertiary alicyclic amines) is 1. The zero-order chi connectivity index (χ0) is 15.1. The van der Waals surface area contributed by atoms with Crippen LogP contribution in [0.5, 0.6) is 0 Å². The van der Waals surface area contributed by atoms with E-state index in [0.717, 1.165) is 36.2 Å². The van der Waals surface area contributed by atoms with Crippen LogP contribution in [0.4, 0.5) is 0 Å². The lowest BCUT2D eigenvalue weighted by Gasteiger charge is -2.24. The standard InChI is InChI=1S/C16H25ClN4/c1-3-21-9-5-8-15(21)12-20-16(18-2)19-11-13-6-4-7-14(17)10-13/h4,6-7,10,15H,3,5,8-9,11-12H2,1-2H3,(H2,18,19,20). The molecule has 4 nitrogen and oxygen atoms in total. The van der Waals surface area contributed by atoms with Crippen molar-refractivity contribution < 1.29 is 0 Å². The van der Waals surface area contributed by atoms with Crippen LogP contribution in [0.15, 0.2) is 29.3 Å². The number of benzene rings is 1. The predicted octanol–water partition coefficient (Wildman–Crippen LogP) is 2.49. The number of likely N-dealkylation sites (N-methyl/N-ethyl adjacent to an activating group) is 1. The van der Waals surface area contributed by atoms with Gasteiger partial charge in [-0.05, 0) is 43.6 Å². The summed E-state index contributed by atoms with van der Waals surface area (Å²) < 4.78 is 0. The Morgan fingerprint density at radius 1 is 1.43 bits per heavy atom. The summed E-state index contributed by atoms with van der Waals surface area (Å²) in [5, 5.41) is 7.52. The minimum Gasteiger partial charge on any atom is -0.355 e. The van der Waals surface area contributed by atoms with Gasteiger partial charge in [-0.3, -0.25) is 9.89 Å². The van der Waals surface area contributed by atoms with Gasteiger partial charge in [-0.2, -0.15) is 0 Å². The number of guanidine groups is 1. The summed E-state index contributed by atoms with van der Waals surface area (Å²) in [6.45, 7) is 6.24. The third kappa shape index (κ3) is 4.90. The molecular formula is C16H25ClN4. The summed E-state index contributed by atoms with van der Waals surface area (Å²) in [7, 11) is 1.81. The minimum absolute atomic E-state index is 0.625. The molecule has 1 unspecified atom stereocenters. The lowest BCUT2D eigenvalue weighted by atomic mass is 10.2. The van der Waals surface area contributed by atoms with Crippen LogP contribution in [0.2, 0.25) is 5.02 Å². The summed E-state index contributed by atoms with van der Waals surface area (Å²) in [5.41, 5.74) is 1.15. The molecule has 0 bridgehead atoms. The molecule has 21 heavy (non-hydrogen) atoms. The van der Waals surface area contributed by atoms with Crippen LogP contribution < -0.4 is 10.6 Å². The van der Waals surface area contributed by atoms with Gasteiger partial charge in [0.1, 0.15) is 0 Å². The fourth-order valence-electron chi connectivity index (χ4n) is 2.81. The monoisotopic (exact) mass is 308 g/mol. The van der Waals surface area contributed by atoms with Gasteiger partial charge >= 0.3 is 0 Å². The molecule has 1 saturated heterocycles. The van der Waals surface area contributed by atoms with Crippen molar-refractivity contribution in [2.75, 3.05) is 26.7 Å². The number of halogens is 1. The molecule has 2 N–H and O–H groups in total. The number of nitrogens with zero attached hydrogens (tertiary/aromatic N) is 2. The Morgan fingerprint density at radius 2 is 2.29 bits per heavy atom. The van der Waals surface area contributed by atoms with Crippen molar-refractivity contribution in [1.29, 1.82) is 0 Å². The molecule has 1 atom stereocenters. The second-order valence-electron chi connectivity index (χ2n) is 5.36. The van der Waals surface area contributed by atoms with Gasteiger partial charge in [0.2, 0.25) is 0 Å². The highest BCUT2D eigenvalue weighted by molar-refractivity contribution is 6.30. The number of aliphatic imine (C=N–C) groups is 1. The van der Waals surface area contributed by atoms with E-state index in [1.54, 1.807) is 7.05 Å². The normalized spacial score (nSPS) is 19.8. The van der Waals surface area contributed by atoms with Crippen LogP contribution in [0.1, 0.15) is 25.3 Å². The Kier molecular flexibility index (Phi) is 6.33. The Bertz CT molecular complexity index is 475. The van der Waals surface area contributed by atoms with E-state index in [0.29, 0.717) is 6.04 Å². The van der Waals surface area contributed by atoms with E-state index in [-0.39, 0.29) is 0 Å². The third-order valence-corrected chi connectivity index (χ3v) is 4.22. The van der Waals surface area contributed by atoms with E-state index < -0.39 is 0 Å². The molecule has 0 radical (unpaired) electrons. The maximum Gasteiger partial charge on any atom is 0.191 e. The highest BCUT2D eigenvalue weighted by Gasteiger charge is 2.22. The average Bonchev–Trinajstić information content (AvgIpc) is 2.95. The lowest BCUT2D eigenvalue weighted by molar-refractivity contribution is 0.267. The van der Waals surface area contributed by atoms with Gasteiger partial charge in [0.25, 0.3) is 0 Å². The molecule has 1 aliphatic rings. The number of hydrogen-bond donors (Lipinski definition) is 2. The van der Waals surface area contributed by atoms with Crippen molar-refractivity contribution in [3.8, 4) is 0 Å². The molecule has 1 heterocycles. The second kappa shape index (κ2) is 8.25. The molecule has 2 rings (SSSR count). The topological polar surface area (TPSA) is 39.7 Å². The maximum atomic E-state index is 5.99. The van der Waals surface area contributed by atoms with E-state index in [9.17, 15) is 0 Å². The quantitative estimate of drug-likeness (QED) is 0.648. The molecule has 1 fully saturated rings. The molecule has 0 amide bonds. The van der Waals surface area contributed by atoms with Crippen molar-refractivity contribution in [2.45, 2.75) is 32.4 Å². The lowest BCUT2D eigenvalue weighted by Crippen LogP contribution is -2.44. The molecule has 0 aliphatic carbocycles. The number of nitrogens with one attached hydrogen (secondary N) is 2. The first kappa shape index (κ1) is 16.1. The van der Waals surface area contributed by atoms with Crippen molar-refractivity contribution >= 4 is 17.6 Å². The molecule has 1 aromatic rings. The van der Waals surface area contributed by atoms with Crippen LogP contribution >= 0.6 is 11.6 Å². The molecule has 5 heteroatoms. The Balaban J connectivity index is 1.78. The largest absolute Gasteiger partial charge is 0.355 e. The molecule has 0 spiro atoms. The van der Waals surface area contributed by atoms with Gasteiger partial charge in [0.15, 0.2) is 5.96 Å². The second-order valence-corrected chi connectivity index (χ2v) is 5.80. The Morgan fingerprint density at radius 3 is 3.00 bits per heavy atom. The first-order valence-corrected chi connectivity index (χ1v) is 8.03. The first-order valence-electron chi connectivity index (χ1n) is 7.66. The molecule has 0 saturated carbocycles. The van der Waals surface area contributed by atoms with Gasteiger partial charge in [-0.25, -0.2) is 0 Å². The summed E-state index contributed by atoms with van der Waals surface area (Å²) >= 11 is 5.99. The van der Waals surface area contributed by atoms with Crippen LogP contribution in [0.3, 0.4) is 0 Å². The summed E-state index contributed by atoms with van der Waals surface area (Å²) in [4.78, 5) is 6.81. The van der Waals surface area contributed by atoms with E-state index in [4.69, 9.17) is 11.6 Å². The number of hydrogen-bond acceptors (Lipinski definition) is 2. The average molecular weight is 309 g/mol. The Hall–Kier alpha value is -1.26. The van der Waals surface area contributed by atoms with Gasteiger partial charge < -0.3 is 10.6 Å². The first-order chi connectivity index (χ1) is 10.2. The predicted molar refractivity (Wildman–Crippen MR) is 89.9 cm³/mol. The molecular weight excluding hydrogens is 284 g/mol. The SMILES string of the molecule is CCN1CCCC1CNC(=NC)NCc1cccc(Cl)c1. The van der Waals surface area contributed by atoms with Crippen LogP contribution in [0, 0.1) is 0 Å². The van der Waals surface area contributed by atoms with Crippen LogP contribution in [-0.4, -0.2) is 43.6 Å². The van der Waals surface area contributed by atoms with E-state index in [2.05, 4.69) is 33.5 Å². The molecule has 116 valence electrons. The summed E-state index contributed by atoms with van der Waals surface area (Å²) in [5.74, 6) is 0.845. The van der Waals surface area contributed by atoms with Crippen molar-refractivity contribution in [1.82, 2.24) is 15.5 Å². The molecule has 0 aromatic heterocycles. The van der Waals surface area contributed by atoms with Crippen molar-refractivity contribution in [2.24, 2.45) is 4.99 Å². The van der Waals surface area contributed by atoms with E-state index in [1.807, 2.05) is 18.2 Å². The zero-order valence-corrected chi connectivity index (χ0v) is 13.7. The smallest absolute Gasteiger partial charge is 0.191 e. The Labute approximate surface area is 132 Å². The van der Waals surface area contributed by atoms with Crippen molar-refractivity contribution in [3.63, 3.8) is 0 Å². The molecule has 1 aliphatic heterocycles. The highest BCUT2D eigenvalue weighted by Crippen LogP contribution is 2.15. The van der Waals surface area contributed by atoms with Gasteiger partial charge in [-0.1, -0.05) is 30.7 Å². The van der Waals surface area contributed by atoms with Crippen molar-refractivity contribution in [3.05, 3.63) is 34.9 Å². The summed E-state index contributed by atoms with van der Waals surface area (Å²) in [6.07, 6.45) is 2.57. The number of rotatable bonds is 5. The van der Waals surface area contributed by atoms with E-state index in [1.165, 1.54) is 19.4 Å². The fourth-order valence-corrected chi connectivity index (χ4v) is 3.02. The third-order valence-electron chi connectivity index (χ3n) is 3.98.